The highest BCUT2D eigenvalue weighted by Gasteiger charge is 2.43. The first kappa shape index (κ1) is 22.9. The Labute approximate surface area is 197 Å². The van der Waals surface area contributed by atoms with E-state index in [2.05, 4.69) is 5.32 Å². The summed E-state index contributed by atoms with van der Waals surface area (Å²) in [4.78, 5) is 13.1. The summed E-state index contributed by atoms with van der Waals surface area (Å²) in [6.45, 7) is 2.00. The number of rotatable bonds is 6. The van der Waals surface area contributed by atoms with Gasteiger partial charge in [-0.2, -0.15) is 0 Å². The number of nitrogens with one attached hydrogen (secondary N) is 1. The van der Waals surface area contributed by atoms with Crippen molar-refractivity contribution in [3.63, 3.8) is 0 Å². The SMILES string of the molecule is CCOC(=O)C1Nc2c(Cl)cc(F)cc2C(c2ccc(OC)cc2)C1c1ccc(OC)cc1. The van der Waals surface area contributed by atoms with Crippen molar-refractivity contribution >= 4 is 23.3 Å². The molecule has 172 valence electrons. The van der Waals surface area contributed by atoms with Gasteiger partial charge in [0.2, 0.25) is 0 Å². The van der Waals surface area contributed by atoms with Gasteiger partial charge >= 0.3 is 5.97 Å². The molecule has 3 atom stereocenters. The van der Waals surface area contributed by atoms with Gasteiger partial charge in [0.1, 0.15) is 23.4 Å². The summed E-state index contributed by atoms with van der Waals surface area (Å²) in [5, 5.41) is 3.46. The maximum atomic E-state index is 14.5. The van der Waals surface area contributed by atoms with Crippen molar-refractivity contribution in [2.75, 3.05) is 26.1 Å². The molecule has 4 rings (SSSR count). The topological polar surface area (TPSA) is 56.8 Å². The Bertz CT molecular complexity index is 1130. The fraction of sp³-hybridized carbons (Fsp3) is 0.269. The number of ether oxygens (including phenoxy) is 3. The summed E-state index contributed by atoms with van der Waals surface area (Å²) in [5.74, 6) is -0.208. The summed E-state index contributed by atoms with van der Waals surface area (Å²) >= 11 is 6.44. The average Bonchev–Trinajstić information content (AvgIpc) is 2.83. The molecule has 0 bridgehead atoms. The summed E-state index contributed by atoms with van der Waals surface area (Å²) in [6.07, 6.45) is 0. The third-order valence-corrected chi connectivity index (χ3v) is 6.25. The van der Waals surface area contributed by atoms with Crippen molar-refractivity contribution in [1.82, 2.24) is 0 Å². The van der Waals surface area contributed by atoms with E-state index in [0.717, 1.165) is 11.1 Å². The molecule has 1 heterocycles. The fourth-order valence-corrected chi connectivity index (χ4v) is 4.74. The van der Waals surface area contributed by atoms with Crippen LogP contribution in [0.3, 0.4) is 0 Å². The smallest absolute Gasteiger partial charge is 0.329 e. The number of carbonyl (C=O) groups is 1. The zero-order chi connectivity index (χ0) is 23.5. The highest BCUT2D eigenvalue weighted by atomic mass is 35.5. The lowest BCUT2D eigenvalue weighted by Gasteiger charge is -2.40. The minimum absolute atomic E-state index is 0.214. The van der Waals surface area contributed by atoms with Crippen LogP contribution in [-0.2, 0) is 9.53 Å². The quantitative estimate of drug-likeness (QED) is 0.464. The number of hydrogen-bond acceptors (Lipinski definition) is 5. The van der Waals surface area contributed by atoms with Crippen LogP contribution in [0.2, 0.25) is 5.02 Å². The van der Waals surface area contributed by atoms with Crippen LogP contribution < -0.4 is 14.8 Å². The first-order valence-corrected chi connectivity index (χ1v) is 11.0. The number of anilines is 1. The molecular weight excluding hydrogens is 445 g/mol. The molecule has 0 saturated carbocycles. The third-order valence-electron chi connectivity index (χ3n) is 5.95. The maximum absolute atomic E-state index is 14.5. The maximum Gasteiger partial charge on any atom is 0.329 e. The van der Waals surface area contributed by atoms with Gasteiger partial charge in [-0.3, -0.25) is 0 Å². The summed E-state index contributed by atoms with van der Waals surface area (Å²) < 4.78 is 30.6. The number of carbonyl (C=O) groups excluding carboxylic acids is 1. The van der Waals surface area contributed by atoms with Crippen molar-refractivity contribution in [2.24, 2.45) is 0 Å². The van der Waals surface area contributed by atoms with Crippen molar-refractivity contribution in [1.29, 1.82) is 0 Å². The molecule has 0 radical (unpaired) electrons. The van der Waals surface area contributed by atoms with Crippen LogP contribution in [0, 0.1) is 5.82 Å². The number of esters is 1. The monoisotopic (exact) mass is 469 g/mol. The minimum Gasteiger partial charge on any atom is -0.497 e. The lowest BCUT2D eigenvalue weighted by molar-refractivity contribution is -0.144. The van der Waals surface area contributed by atoms with Crippen LogP contribution in [0.5, 0.6) is 11.5 Å². The summed E-state index contributed by atoms with van der Waals surface area (Å²) in [7, 11) is 3.20. The lowest BCUT2D eigenvalue weighted by Crippen LogP contribution is -2.43. The van der Waals surface area contributed by atoms with Gasteiger partial charge in [-0.15, -0.1) is 0 Å². The molecule has 0 aromatic heterocycles. The molecule has 7 heteroatoms. The zero-order valence-electron chi connectivity index (χ0n) is 18.6. The van der Waals surface area contributed by atoms with E-state index in [1.807, 2.05) is 48.5 Å². The second-order valence-electron chi connectivity index (χ2n) is 7.78. The summed E-state index contributed by atoms with van der Waals surface area (Å²) in [6, 6.07) is 17.1. The van der Waals surface area contributed by atoms with Gasteiger partial charge in [-0.05, 0) is 60.0 Å². The first-order chi connectivity index (χ1) is 16.0. The normalized spacial score (nSPS) is 19.2. The molecule has 1 aliphatic rings. The van der Waals surface area contributed by atoms with Gasteiger partial charge in [-0.25, -0.2) is 9.18 Å². The van der Waals surface area contributed by atoms with E-state index < -0.39 is 23.7 Å². The molecule has 3 unspecified atom stereocenters. The van der Waals surface area contributed by atoms with Crippen LogP contribution in [-0.4, -0.2) is 32.8 Å². The Morgan fingerprint density at radius 3 is 2.09 bits per heavy atom. The Kier molecular flexibility index (Phi) is 6.75. The van der Waals surface area contributed by atoms with Crippen LogP contribution >= 0.6 is 11.6 Å². The fourth-order valence-electron chi connectivity index (χ4n) is 4.47. The van der Waals surface area contributed by atoms with E-state index in [0.29, 0.717) is 22.7 Å². The van der Waals surface area contributed by atoms with Gasteiger partial charge in [0, 0.05) is 11.8 Å². The van der Waals surface area contributed by atoms with Gasteiger partial charge in [0.15, 0.2) is 0 Å². The standard InChI is InChI=1S/C26H25ClFNO4/c1-4-33-26(30)25-23(16-7-11-19(32-3)12-8-16)22(15-5-9-18(31-2)10-6-15)20-13-17(28)14-21(27)24(20)29-25/h5-14,22-23,25,29H,4H2,1-3H3. The predicted molar refractivity (Wildman–Crippen MR) is 126 cm³/mol. The largest absolute Gasteiger partial charge is 0.497 e. The second-order valence-corrected chi connectivity index (χ2v) is 8.18. The van der Waals surface area contributed by atoms with Gasteiger partial charge in [0.25, 0.3) is 0 Å². The number of hydrogen-bond donors (Lipinski definition) is 1. The number of fused-ring (bicyclic) bond motifs is 1. The molecular formula is C26H25ClFNO4. The lowest BCUT2D eigenvalue weighted by atomic mass is 9.70. The number of benzene rings is 3. The molecule has 5 nitrogen and oxygen atoms in total. The van der Waals surface area contributed by atoms with Crippen LogP contribution in [0.1, 0.15) is 35.4 Å². The predicted octanol–water partition coefficient (Wildman–Crippen LogP) is 5.77. The van der Waals surface area contributed by atoms with E-state index in [9.17, 15) is 9.18 Å². The second kappa shape index (κ2) is 9.71. The molecule has 1 N–H and O–H groups in total. The highest BCUT2D eigenvalue weighted by Crippen LogP contribution is 2.50. The third kappa shape index (κ3) is 4.48. The number of methoxy groups -OCH3 is 2. The Morgan fingerprint density at radius 2 is 1.55 bits per heavy atom. The van der Waals surface area contributed by atoms with Gasteiger partial charge < -0.3 is 19.5 Å². The minimum atomic E-state index is -0.735. The Hall–Kier alpha value is -3.25. The molecule has 0 saturated heterocycles. The zero-order valence-corrected chi connectivity index (χ0v) is 19.4. The Balaban J connectivity index is 1.95. The van der Waals surface area contributed by atoms with Crippen molar-refractivity contribution in [2.45, 2.75) is 24.8 Å². The van der Waals surface area contributed by atoms with Crippen LogP contribution in [0.4, 0.5) is 10.1 Å². The molecule has 3 aromatic rings. The van der Waals surface area contributed by atoms with E-state index in [-0.39, 0.29) is 17.5 Å². The molecule has 0 fully saturated rings. The van der Waals surface area contributed by atoms with Gasteiger partial charge in [-0.1, -0.05) is 35.9 Å². The molecule has 0 aliphatic carbocycles. The van der Waals surface area contributed by atoms with Crippen molar-refractivity contribution < 1.29 is 23.4 Å². The van der Waals surface area contributed by atoms with Crippen molar-refractivity contribution in [3.05, 3.63) is 88.2 Å². The molecule has 0 spiro atoms. The highest BCUT2D eigenvalue weighted by molar-refractivity contribution is 6.33. The first-order valence-electron chi connectivity index (χ1n) is 10.7. The molecule has 3 aromatic carbocycles. The Morgan fingerprint density at radius 1 is 0.970 bits per heavy atom. The van der Waals surface area contributed by atoms with E-state index in [4.69, 9.17) is 25.8 Å². The van der Waals surface area contributed by atoms with E-state index in [1.54, 1.807) is 21.1 Å². The van der Waals surface area contributed by atoms with E-state index >= 15 is 0 Å². The molecule has 0 amide bonds. The van der Waals surface area contributed by atoms with Crippen LogP contribution in [0.15, 0.2) is 60.7 Å². The molecule has 33 heavy (non-hydrogen) atoms. The van der Waals surface area contributed by atoms with E-state index in [1.165, 1.54) is 12.1 Å². The van der Waals surface area contributed by atoms with Crippen molar-refractivity contribution in [3.8, 4) is 11.5 Å². The van der Waals surface area contributed by atoms with Gasteiger partial charge in [0.05, 0.1) is 31.5 Å². The summed E-state index contributed by atoms with van der Waals surface area (Å²) in [5.41, 5.74) is 2.98. The average molecular weight is 470 g/mol. The molecule has 1 aliphatic heterocycles. The number of halogens is 2. The van der Waals surface area contributed by atoms with Crippen LogP contribution in [0.25, 0.3) is 0 Å².